The molecule has 1 aliphatic carbocycles. The van der Waals surface area contributed by atoms with E-state index in [1.807, 2.05) is 30.3 Å². The first kappa shape index (κ1) is 17.6. The summed E-state index contributed by atoms with van der Waals surface area (Å²) in [5.74, 6) is 2.41. The Labute approximate surface area is 158 Å². The number of hydrogen-bond acceptors (Lipinski definition) is 6. The molecule has 4 rings (SSSR count). The molecular formula is C20H24N2O3S. The van der Waals surface area contributed by atoms with Gasteiger partial charge < -0.3 is 14.4 Å². The van der Waals surface area contributed by atoms with Crippen molar-refractivity contribution in [2.24, 2.45) is 11.8 Å². The van der Waals surface area contributed by atoms with Gasteiger partial charge in [-0.3, -0.25) is 9.88 Å². The zero-order chi connectivity index (χ0) is 17.9. The number of aromatic hydroxyl groups is 1. The highest BCUT2D eigenvalue weighted by atomic mass is 32.2. The highest BCUT2D eigenvalue weighted by Gasteiger charge is 2.42. The van der Waals surface area contributed by atoms with Crippen molar-refractivity contribution in [2.45, 2.75) is 24.2 Å². The number of pyridine rings is 1. The second kappa shape index (κ2) is 7.86. The van der Waals surface area contributed by atoms with Crippen LogP contribution in [0.15, 0.2) is 48.7 Å². The van der Waals surface area contributed by atoms with Gasteiger partial charge in [0, 0.05) is 24.9 Å². The number of hydrogen-bond donors (Lipinski definition) is 2. The molecular weight excluding hydrogens is 348 g/mol. The molecule has 0 radical (unpaired) electrons. The van der Waals surface area contributed by atoms with Gasteiger partial charge in [0.05, 0.1) is 23.9 Å². The summed E-state index contributed by atoms with van der Waals surface area (Å²) in [7, 11) is 0. The fourth-order valence-corrected chi connectivity index (χ4v) is 5.11. The maximum Gasteiger partial charge on any atom is 0.137 e. The van der Waals surface area contributed by atoms with Crippen LogP contribution in [0.2, 0.25) is 0 Å². The zero-order valence-corrected chi connectivity index (χ0v) is 15.4. The summed E-state index contributed by atoms with van der Waals surface area (Å²) < 4.78 is 5.85. The Bertz CT molecular complexity index is 699. The lowest BCUT2D eigenvalue weighted by molar-refractivity contribution is 0.118. The second-order valence-corrected chi connectivity index (χ2v) is 8.31. The van der Waals surface area contributed by atoms with Crippen molar-refractivity contribution < 1.29 is 14.4 Å². The minimum absolute atomic E-state index is 0.123. The quantitative estimate of drug-likeness (QED) is 0.759. The molecule has 2 fully saturated rings. The van der Waals surface area contributed by atoms with E-state index in [9.17, 15) is 10.2 Å². The number of benzene rings is 1. The van der Waals surface area contributed by atoms with Gasteiger partial charge in [0.1, 0.15) is 17.6 Å². The van der Waals surface area contributed by atoms with Gasteiger partial charge in [0.25, 0.3) is 0 Å². The molecule has 2 aliphatic rings. The van der Waals surface area contributed by atoms with Crippen molar-refractivity contribution in [1.29, 1.82) is 0 Å². The monoisotopic (exact) mass is 372 g/mol. The van der Waals surface area contributed by atoms with Gasteiger partial charge in [-0.1, -0.05) is 18.2 Å². The lowest BCUT2D eigenvalue weighted by atomic mass is 10.0. The molecule has 1 aliphatic heterocycles. The number of likely N-dealkylation sites (tertiary alicyclic amines) is 1. The summed E-state index contributed by atoms with van der Waals surface area (Å²) in [6, 6.07) is 13.2. The molecule has 4 atom stereocenters. The van der Waals surface area contributed by atoms with Crippen LogP contribution in [0.5, 0.6) is 11.5 Å². The fraction of sp³-hybridized carbons (Fsp3) is 0.450. The van der Waals surface area contributed by atoms with E-state index in [2.05, 4.69) is 9.88 Å². The Kier molecular flexibility index (Phi) is 5.33. The van der Waals surface area contributed by atoms with Crippen molar-refractivity contribution in [3.05, 3.63) is 54.4 Å². The fourth-order valence-electron chi connectivity index (χ4n) is 4.10. The third kappa shape index (κ3) is 4.14. The SMILES string of the molecule is Oc1ccc(C(O)CN2C[C@H]3CC(SOc4ccccc4)C[C@H]3C2)nc1. The number of nitrogens with zero attached hydrogens (tertiary/aromatic N) is 2. The molecule has 2 unspecified atom stereocenters. The van der Waals surface area contributed by atoms with Crippen LogP contribution >= 0.6 is 12.0 Å². The summed E-state index contributed by atoms with van der Waals surface area (Å²) in [5, 5.41) is 20.2. The summed E-state index contributed by atoms with van der Waals surface area (Å²) >= 11 is 1.61. The van der Waals surface area contributed by atoms with Crippen LogP contribution in [-0.2, 0) is 0 Å². The average Bonchev–Trinajstić information content (AvgIpc) is 3.19. The Hall–Kier alpha value is -1.76. The minimum atomic E-state index is -0.610. The highest BCUT2D eigenvalue weighted by molar-refractivity contribution is 7.95. The van der Waals surface area contributed by atoms with Crippen molar-refractivity contribution in [2.75, 3.05) is 19.6 Å². The molecule has 0 spiro atoms. The van der Waals surface area contributed by atoms with E-state index >= 15 is 0 Å². The first-order chi connectivity index (χ1) is 12.7. The molecule has 1 saturated carbocycles. The van der Waals surface area contributed by atoms with Crippen molar-refractivity contribution >= 4 is 12.0 Å². The predicted molar refractivity (Wildman–Crippen MR) is 102 cm³/mol. The van der Waals surface area contributed by atoms with Crippen LogP contribution in [0, 0.1) is 11.8 Å². The molecule has 2 aromatic rings. The molecule has 138 valence electrons. The third-order valence-electron chi connectivity index (χ3n) is 5.35. The van der Waals surface area contributed by atoms with Gasteiger partial charge in [0.2, 0.25) is 0 Å². The Morgan fingerprint density at radius 2 is 1.85 bits per heavy atom. The van der Waals surface area contributed by atoms with Crippen LogP contribution in [0.25, 0.3) is 0 Å². The van der Waals surface area contributed by atoms with Crippen LogP contribution in [-0.4, -0.2) is 45.0 Å². The van der Waals surface area contributed by atoms with Gasteiger partial charge in [-0.25, -0.2) is 0 Å². The maximum atomic E-state index is 10.4. The Morgan fingerprint density at radius 3 is 2.50 bits per heavy atom. The molecule has 26 heavy (non-hydrogen) atoms. The third-order valence-corrected chi connectivity index (χ3v) is 6.30. The number of rotatable bonds is 6. The zero-order valence-electron chi connectivity index (χ0n) is 14.6. The maximum absolute atomic E-state index is 10.4. The van der Waals surface area contributed by atoms with Crippen molar-refractivity contribution in [3.8, 4) is 11.5 Å². The number of β-amino-alcohol motifs (C(OH)–C–C–N with tert-alkyl or cyclic N) is 1. The molecule has 1 aromatic carbocycles. The minimum Gasteiger partial charge on any atom is -0.506 e. The standard InChI is InChI=1S/C20H24N2O3S/c23-16-6-7-19(21-10-16)20(24)13-22-11-14-8-18(9-15(14)12-22)26-25-17-4-2-1-3-5-17/h1-7,10,14-15,18,20,23-24H,8-9,11-13H2/t14-,15+,18?,20?. The molecule has 1 saturated heterocycles. The lowest BCUT2D eigenvalue weighted by Crippen LogP contribution is -2.28. The highest BCUT2D eigenvalue weighted by Crippen LogP contribution is 2.43. The number of aromatic nitrogens is 1. The summed E-state index contributed by atoms with van der Waals surface area (Å²) in [6.45, 7) is 2.66. The number of aliphatic hydroxyl groups is 1. The smallest absolute Gasteiger partial charge is 0.137 e. The van der Waals surface area contributed by atoms with Crippen molar-refractivity contribution in [1.82, 2.24) is 9.88 Å². The van der Waals surface area contributed by atoms with E-state index in [1.54, 1.807) is 24.2 Å². The van der Waals surface area contributed by atoms with Gasteiger partial charge in [-0.2, -0.15) is 0 Å². The van der Waals surface area contributed by atoms with Gasteiger partial charge in [-0.05, 0) is 48.9 Å². The van der Waals surface area contributed by atoms with Crippen LogP contribution in [0.1, 0.15) is 24.6 Å². The van der Waals surface area contributed by atoms with Crippen LogP contribution in [0.4, 0.5) is 0 Å². The molecule has 0 amide bonds. The van der Waals surface area contributed by atoms with E-state index in [0.29, 0.717) is 29.3 Å². The van der Waals surface area contributed by atoms with Gasteiger partial charge in [-0.15, -0.1) is 0 Å². The lowest BCUT2D eigenvalue weighted by Gasteiger charge is -2.21. The Balaban J connectivity index is 1.24. The average molecular weight is 372 g/mol. The van der Waals surface area contributed by atoms with E-state index < -0.39 is 6.10 Å². The normalized spacial score (nSPS) is 26.6. The molecule has 1 aromatic heterocycles. The van der Waals surface area contributed by atoms with Gasteiger partial charge in [0.15, 0.2) is 0 Å². The Morgan fingerprint density at radius 1 is 1.12 bits per heavy atom. The van der Waals surface area contributed by atoms with E-state index in [-0.39, 0.29) is 5.75 Å². The first-order valence-electron chi connectivity index (χ1n) is 9.11. The summed E-state index contributed by atoms with van der Waals surface area (Å²) in [4.78, 5) is 6.45. The predicted octanol–water partition coefficient (Wildman–Crippen LogP) is 3.26. The van der Waals surface area contributed by atoms with Crippen LogP contribution < -0.4 is 4.18 Å². The molecule has 6 heteroatoms. The summed E-state index contributed by atoms with van der Waals surface area (Å²) in [5.41, 5.74) is 0.615. The van der Waals surface area contributed by atoms with E-state index in [1.165, 1.54) is 19.0 Å². The van der Waals surface area contributed by atoms with E-state index in [0.717, 1.165) is 18.8 Å². The second-order valence-electron chi connectivity index (χ2n) is 7.28. The van der Waals surface area contributed by atoms with Gasteiger partial charge >= 0.3 is 0 Å². The van der Waals surface area contributed by atoms with E-state index in [4.69, 9.17) is 4.18 Å². The first-order valence-corrected chi connectivity index (χ1v) is 9.91. The molecule has 2 heterocycles. The largest absolute Gasteiger partial charge is 0.506 e. The number of para-hydroxylation sites is 1. The molecule has 5 nitrogen and oxygen atoms in total. The van der Waals surface area contributed by atoms with Crippen LogP contribution in [0.3, 0.4) is 0 Å². The molecule has 2 N–H and O–H groups in total. The topological polar surface area (TPSA) is 65.8 Å². The van der Waals surface area contributed by atoms with Crippen molar-refractivity contribution in [3.63, 3.8) is 0 Å². The number of fused-ring (bicyclic) bond motifs is 1. The number of aliphatic hydroxyl groups excluding tert-OH is 1. The summed E-state index contributed by atoms with van der Waals surface area (Å²) in [6.07, 6.45) is 3.12. The molecule has 0 bridgehead atoms.